The summed E-state index contributed by atoms with van der Waals surface area (Å²) in [5, 5.41) is 7.24. The molecule has 0 aliphatic rings. The molecule has 1 heterocycles. The number of rotatable bonds is 6. The summed E-state index contributed by atoms with van der Waals surface area (Å²) in [7, 11) is 1.64. The van der Waals surface area contributed by atoms with Gasteiger partial charge in [-0.1, -0.05) is 6.92 Å². The first-order valence-electron chi connectivity index (χ1n) is 7.78. The van der Waals surface area contributed by atoms with Gasteiger partial charge in [0, 0.05) is 5.56 Å². The highest BCUT2D eigenvalue weighted by Crippen LogP contribution is 2.25. The predicted molar refractivity (Wildman–Crippen MR) is 96.5 cm³/mol. The van der Waals surface area contributed by atoms with Crippen molar-refractivity contribution in [2.45, 2.75) is 13.3 Å². The van der Waals surface area contributed by atoms with Crippen molar-refractivity contribution in [1.82, 2.24) is 14.8 Å². The molecule has 0 saturated heterocycles. The van der Waals surface area contributed by atoms with E-state index >= 15 is 0 Å². The normalized spacial score (nSPS) is 10.6. The average molecular weight is 341 g/mol. The van der Waals surface area contributed by atoms with Crippen LogP contribution in [0, 0.1) is 4.77 Å². The average Bonchev–Trinajstić information content (AvgIpc) is 3.02. The van der Waals surface area contributed by atoms with Crippen LogP contribution < -0.4 is 9.47 Å². The van der Waals surface area contributed by atoms with E-state index in [0.717, 1.165) is 35.0 Å². The van der Waals surface area contributed by atoms with Gasteiger partial charge in [0.25, 0.3) is 0 Å². The van der Waals surface area contributed by atoms with Crippen molar-refractivity contribution in [3.63, 3.8) is 0 Å². The molecular formula is C18H19N3O2S. The zero-order valence-corrected chi connectivity index (χ0v) is 14.5. The molecule has 0 spiro atoms. The highest BCUT2D eigenvalue weighted by atomic mass is 32.1. The Labute approximate surface area is 145 Å². The van der Waals surface area contributed by atoms with Crippen molar-refractivity contribution >= 4 is 12.2 Å². The quantitative estimate of drug-likeness (QED) is 0.676. The van der Waals surface area contributed by atoms with Gasteiger partial charge in [0.2, 0.25) is 0 Å². The van der Waals surface area contributed by atoms with Crippen LogP contribution in [0.4, 0.5) is 0 Å². The van der Waals surface area contributed by atoms with Gasteiger partial charge in [0.1, 0.15) is 11.5 Å². The number of hydrogen-bond acceptors (Lipinski definition) is 4. The van der Waals surface area contributed by atoms with E-state index in [-0.39, 0.29) is 0 Å². The van der Waals surface area contributed by atoms with Crippen molar-refractivity contribution in [2.24, 2.45) is 0 Å². The molecule has 0 fully saturated rings. The van der Waals surface area contributed by atoms with E-state index in [4.69, 9.17) is 21.7 Å². The fourth-order valence-corrected chi connectivity index (χ4v) is 2.62. The summed E-state index contributed by atoms with van der Waals surface area (Å²) < 4.78 is 13.3. The first kappa shape index (κ1) is 16.3. The summed E-state index contributed by atoms with van der Waals surface area (Å²) in [5.74, 6) is 2.41. The van der Waals surface area contributed by atoms with Crippen LogP contribution in [-0.2, 0) is 0 Å². The first-order valence-corrected chi connectivity index (χ1v) is 8.19. The number of aromatic nitrogens is 3. The molecule has 0 bridgehead atoms. The largest absolute Gasteiger partial charge is 0.497 e. The van der Waals surface area contributed by atoms with Gasteiger partial charge in [0.15, 0.2) is 10.6 Å². The maximum absolute atomic E-state index is 5.62. The molecule has 3 rings (SSSR count). The molecule has 124 valence electrons. The van der Waals surface area contributed by atoms with Crippen molar-refractivity contribution in [2.75, 3.05) is 13.7 Å². The zero-order valence-electron chi connectivity index (χ0n) is 13.7. The topological polar surface area (TPSA) is 52.1 Å². The summed E-state index contributed by atoms with van der Waals surface area (Å²) in [5.41, 5.74) is 1.89. The lowest BCUT2D eigenvalue weighted by atomic mass is 10.2. The fourth-order valence-electron chi connectivity index (χ4n) is 2.38. The molecule has 0 unspecified atom stereocenters. The van der Waals surface area contributed by atoms with E-state index < -0.39 is 0 Å². The van der Waals surface area contributed by atoms with Gasteiger partial charge in [0.05, 0.1) is 19.4 Å². The van der Waals surface area contributed by atoms with E-state index in [1.165, 1.54) is 0 Å². The van der Waals surface area contributed by atoms with E-state index in [2.05, 4.69) is 17.1 Å². The Kier molecular flexibility index (Phi) is 4.96. The van der Waals surface area contributed by atoms with Crippen molar-refractivity contribution in [1.29, 1.82) is 0 Å². The van der Waals surface area contributed by atoms with Crippen LogP contribution in [-0.4, -0.2) is 28.5 Å². The molecule has 0 radical (unpaired) electrons. The Balaban J connectivity index is 1.96. The van der Waals surface area contributed by atoms with E-state index in [1.54, 1.807) is 7.11 Å². The lowest BCUT2D eigenvalue weighted by Crippen LogP contribution is -1.98. The van der Waals surface area contributed by atoms with Gasteiger partial charge in [-0.25, -0.2) is 0 Å². The van der Waals surface area contributed by atoms with Gasteiger partial charge in [-0.05, 0) is 67.2 Å². The maximum Gasteiger partial charge on any atom is 0.200 e. The SMILES string of the molecule is CCCOc1ccc(-c2n[nH]c(=S)n2-c2ccc(OC)cc2)cc1. The number of hydrogen-bond donors (Lipinski definition) is 1. The maximum atomic E-state index is 5.62. The predicted octanol–water partition coefficient (Wildman–Crippen LogP) is 4.39. The van der Waals surface area contributed by atoms with Crippen LogP contribution in [0.25, 0.3) is 17.1 Å². The number of H-pyrrole nitrogens is 1. The van der Waals surface area contributed by atoms with Crippen LogP contribution in [0.1, 0.15) is 13.3 Å². The molecule has 0 aliphatic heterocycles. The van der Waals surface area contributed by atoms with Crippen LogP contribution in [0.5, 0.6) is 11.5 Å². The Bertz CT molecular complexity index is 851. The lowest BCUT2D eigenvalue weighted by Gasteiger charge is -2.09. The third kappa shape index (κ3) is 3.33. The fraction of sp³-hybridized carbons (Fsp3) is 0.222. The second kappa shape index (κ2) is 7.31. The summed E-state index contributed by atoms with van der Waals surface area (Å²) in [6.07, 6.45) is 0.984. The van der Waals surface area contributed by atoms with Crippen LogP contribution in [0.3, 0.4) is 0 Å². The number of ether oxygens (including phenoxy) is 2. The second-order valence-electron chi connectivity index (χ2n) is 5.26. The molecule has 0 atom stereocenters. The van der Waals surface area contributed by atoms with Gasteiger partial charge in [-0.2, -0.15) is 5.10 Å². The number of methoxy groups -OCH3 is 1. The summed E-state index contributed by atoms with van der Waals surface area (Å²) in [4.78, 5) is 0. The minimum absolute atomic E-state index is 0.543. The molecule has 1 aromatic heterocycles. The highest BCUT2D eigenvalue weighted by molar-refractivity contribution is 7.71. The molecule has 1 N–H and O–H groups in total. The number of nitrogens with zero attached hydrogens (tertiary/aromatic N) is 2. The third-order valence-corrected chi connectivity index (χ3v) is 3.86. The highest BCUT2D eigenvalue weighted by Gasteiger charge is 2.11. The van der Waals surface area contributed by atoms with Gasteiger partial charge < -0.3 is 9.47 Å². The van der Waals surface area contributed by atoms with Crippen molar-refractivity contribution in [3.05, 3.63) is 53.3 Å². The molecule has 5 nitrogen and oxygen atoms in total. The Morgan fingerprint density at radius 3 is 2.33 bits per heavy atom. The molecule has 3 aromatic rings. The Hall–Kier alpha value is -2.60. The standard InChI is InChI=1S/C18H19N3O2S/c1-3-12-23-16-8-4-13(5-9-16)17-19-20-18(24)21(17)14-6-10-15(22-2)11-7-14/h4-11H,3,12H2,1-2H3,(H,20,24). The third-order valence-electron chi connectivity index (χ3n) is 3.59. The summed E-state index contributed by atoms with van der Waals surface area (Å²) in [6.45, 7) is 2.80. The Morgan fingerprint density at radius 1 is 1.04 bits per heavy atom. The van der Waals surface area contributed by atoms with Gasteiger partial charge in [-0.15, -0.1) is 0 Å². The molecular weight excluding hydrogens is 322 g/mol. The van der Waals surface area contributed by atoms with Crippen LogP contribution >= 0.6 is 12.2 Å². The molecule has 2 aromatic carbocycles. The zero-order chi connectivity index (χ0) is 16.9. The van der Waals surface area contributed by atoms with E-state index in [1.807, 2.05) is 53.1 Å². The van der Waals surface area contributed by atoms with Gasteiger partial charge >= 0.3 is 0 Å². The number of benzene rings is 2. The summed E-state index contributed by atoms with van der Waals surface area (Å²) in [6, 6.07) is 15.6. The minimum Gasteiger partial charge on any atom is -0.497 e. The Morgan fingerprint density at radius 2 is 1.71 bits per heavy atom. The molecule has 0 amide bonds. The molecule has 6 heteroatoms. The molecule has 24 heavy (non-hydrogen) atoms. The number of nitrogens with one attached hydrogen (secondary N) is 1. The first-order chi connectivity index (χ1) is 11.7. The molecule has 0 aliphatic carbocycles. The molecule has 0 saturated carbocycles. The summed E-state index contributed by atoms with van der Waals surface area (Å²) >= 11 is 5.39. The number of aromatic amines is 1. The van der Waals surface area contributed by atoms with Crippen molar-refractivity contribution in [3.8, 4) is 28.6 Å². The monoisotopic (exact) mass is 341 g/mol. The smallest absolute Gasteiger partial charge is 0.200 e. The second-order valence-corrected chi connectivity index (χ2v) is 5.65. The van der Waals surface area contributed by atoms with Crippen LogP contribution in [0.2, 0.25) is 0 Å². The van der Waals surface area contributed by atoms with E-state index in [9.17, 15) is 0 Å². The minimum atomic E-state index is 0.543. The lowest BCUT2D eigenvalue weighted by molar-refractivity contribution is 0.317. The van der Waals surface area contributed by atoms with Crippen LogP contribution in [0.15, 0.2) is 48.5 Å². The van der Waals surface area contributed by atoms with Crippen molar-refractivity contribution < 1.29 is 9.47 Å². The van der Waals surface area contributed by atoms with Gasteiger partial charge in [-0.3, -0.25) is 9.67 Å². The van der Waals surface area contributed by atoms with E-state index in [0.29, 0.717) is 11.4 Å².